The highest BCUT2D eigenvalue weighted by molar-refractivity contribution is 6.34. The zero-order valence-corrected chi connectivity index (χ0v) is 22.9. The summed E-state index contributed by atoms with van der Waals surface area (Å²) < 4.78 is 15.1. The number of halogens is 2. The van der Waals surface area contributed by atoms with Gasteiger partial charge in [-0.15, -0.1) is 0 Å². The first-order chi connectivity index (χ1) is 18.0. The molecule has 1 aliphatic rings. The zero-order chi connectivity index (χ0) is 27.4. The minimum Gasteiger partial charge on any atom is -0.496 e. The number of carbonyl (C=O) groups is 1. The van der Waals surface area contributed by atoms with E-state index in [1.807, 2.05) is 25.4 Å². The molecule has 0 radical (unpaired) electrons. The average Bonchev–Trinajstić information content (AvgIpc) is 3.50. The minimum atomic E-state index is -1.06. The molecule has 0 unspecified atom stereocenters. The highest BCUT2D eigenvalue weighted by Gasteiger charge is 2.36. The summed E-state index contributed by atoms with van der Waals surface area (Å²) in [5.41, 5.74) is 3.06. The summed E-state index contributed by atoms with van der Waals surface area (Å²) in [6.45, 7) is 3.43. The molecule has 0 N–H and O–H groups in total. The summed E-state index contributed by atoms with van der Waals surface area (Å²) in [5, 5.41) is 19.7. The van der Waals surface area contributed by atoms with Gasteiger partial charge in [-0.25, -0.2) is 4.68 Å². The predicted molar refractivity (Wildman–Crippen MR) is 144 cm³/mol. The lowest BCUT2D eigenvalue weighted by Gasteiger charge is -2.29. The Morgan fingerprint density at radius 1 is 1.16 bits per heavy atom. The molecule has 9 nitrogen and oxygen atoms in total. The molecule has 3 heterocycles. The Morgan fingerprint density at radius 2 is 1.87 bits per heavy atom. The van der Waals surface area contributed by atoms with Crippen LogP contribution >= 0.6 is 23.2 Å². The van der Waals surface area contributed by atoms with Crippen LogP contribution < -0.4 is 9.47 Å². The molecule has 0 saturated carbocycles. The fraction of sp³-hybridized carbons (Fsp3) is 0.259. The molecule has 2 aromatic heterocycles. The lowest BCUT2D eigenvalue weighted by molar-refractivity contribution is 0.0689. The molecule has 5 rings (SSSR count). The van der Waals surface area contributed by atoms with Crippen molar-refractivity contribution in [2.75, 3.05) is 14.2 Å². The molecule has 194 valence electrons. The van der Waals surface area contributed by atoms with Gasteiger partial charge in [0.1, 0.15) is 23.6 Å². The molecular formula is C27H24Cl2N6O3. The van der Waals surface area contributed by atoms with Crippen molar-refractivity contribution in [3.05, 3.63) is 63.9 Å². The molecule has 0 saturated heterocycles. The summed E-state index contributed by atoms with van der Waals surface area (Å²) in [5.74, 6) is 0.743. The highest BCUT2D eigenvalue weighted by Crippen LogP contribution is 2.46. The van der Waals surface area contributed by atoms with Crippen LogP contribution in [-0.4, -0.2) is 50.1 Å². The molecule has 0 atom stereocenters. The largest absolute Gasteiger partial charge is 0.496 e. The standard InChI is InChI=1S/C27H24Cl2N6O3/c1-27(2,14-30)34(4)26(36)24-20-13-38-23-12-22(37-5)18(21-6-7-33(3)31-21)11-19(23)25(20)35(32-24)17-9-15(28)8-16(29)10-17/h6-12H,13H2,1-5H3. The van der Waals surface area contributed by atoms with Crippen LogP contribution in [0.25, 0.3) is 28.2 Å². The van der Waals surface area contributed by atoms with E-state index in [4.69, 9.17) is 37.8 Å². The van der Waals surface area contributed by atoms with Crippen LogP contribution in [0.2, 0.25) is 10.0 Å². The number of methoxy groups -OCH3 is 1. The van der Waals surface area contributed by atoms with Crippen LogP contribution in [0.15, 0.2) is 42.6 Å². The van der Waals surface area contributed by atoms with Crippen molar-refractivity contribution in [1.82, 2.24) is 24.5 Å². The quantitative estimate of drug-likeness (QED) is 0.324. The van der Waals surface area contributed by atoms with Crippen LogP contribution in [0.1, 0.15) is 29.9 Å². The van der Waals surface area contributed by atoms with Gasteiger partial charge in [0.2, 0.25) is 0 Å². The smallest absolute Gasteiger partial charge is 0.275 e. The second-order valence-corrected chi connectivity index (χ2v) is 10.3. The fourth-order valence-electron chi connectivity index (χ4n) is 4.32. The highest BCUT2D eigenvalue weighted by atomic mass is 35.5. The van der Waals surface area contributed by atoms with Crippen molar-refractivity contribution >= 4 is 29.1 Å². The number of fused-ring (bicyclic) bond motifs is 3. The first-order valence-electron chi connectivity index (χ1n) is 11.7. The summed E-state index contributed by atoms with van der Waals surface area (Å²) in [6.07, 6.45) is 1.85. The average molecular weight is 551 g/mol. The Bertz CT molecular complexity index is 1610. The van der Waals surface area contributed by atoms with Crippen molar-refractivity contribution in [3.63, 3.8) is 0 Å². The van der Waals surface area contributed by atoms with E-state index in [1.54, 1.807) is 61.6 Å². The number of amides is 1. The number of nitrogens with zero attached hydrogens (tertiary/aromatic N) is 6. The Balaban J connectivity index is 1.79. The van der Waals surface area contributed by atoms with E-state index in [1.165, 1.54) is 4.90 Å². The molecule has 11 heteroatoms. The lowest BCUT2D eigenvalue weighted by Crippen LogP contribution is -2.44. The third-order valence-electron chi connectivity index (χ3n) is 6.61. The molecule has 0 bridgehead atoms. The normalized spacial score (nSPS) is 12.3. The van der Waals surface area contributed by atoms with Gasteiger partial charge in [-0.05, 0) is 44.2 Å². The number of ether oxygens (including phenoxy) is 2. The van der Waals surface area contributed by atoms with Gasteiger partial charge >= 0.3 is 0 Å². The number of hydrogen-bond donors (Lipinski definition) is 0. The Morgan fingerprint density at radius 3 is 2.47 bits per heavy atom. The summed E-state index contributed by atoms with van der Waals surface area (Å²) in [4.78, 5) is 15.0. The number of carbonyl (C=O) groups excluding carboxylic acids is 1. The number of rotatable bonds is 5. The molecule has 0 spiro atoms. The predicted octanol–water partition coefficient (Wildman–Crippen LogP) is 5.52. The first-order valence-corrected chi connectivity index (χ1v) is 12.4. The summed E-state index contributed by atoms with van der Waals surface area (Å²) >= 11 is 12.7. The maximum Gasteiger partial charge on any atom is 0.275 e. The first kappa shape index (κ1) is 25.6. The summed E-state index contributed by atoms with van der Waals surface area (Å²) in [6, 6.07) is 12.8. The van der Waals surface area contributed by atoms with Gasteiger partial charge in [0.25, 0.3) is 5.91 Å². The van der Waals surface area contributed by atoms with Crippen LogP contribution in [0.5, 0.6) is 11.5 Å². The number of aromatic nitrogens is 4. The van der Waals surface area contributed by atoms with Crippen LogP contribution in [0.4, 0.5) is 0 Å². The third-order valence-corrected chi connectivity index (χ3v) is 7.05. The Kier molecular flexibility index (Phi) is 6.33. The number of hydrogen-bond acceptors (Lipinski definition) is 6. The van der Waals surface area contributed by atoms with E-state index in [9.17, 15) is 10.1 Å². The monoisotopic (exact) mass is 550 g/mol. The van der Waals surface area contributed by atoms with E-state index >= 15 is 0 Å². The van der Waals surface area contributed by atoms with Gasteiger partial charge in [-0.3, -0.25) is 9.48 Å². The molecule has 1 amide bonds. The van der Waals surface area contributed by atoms with Crippen LogP contribution in [-0.2, 0) is 13.7 Å². The van der Waals surface area contributed by atoms with Gasteiger partial charge in [0.15, 0.2) is 5.69 Å². The van der Waals surface area contributed by atoms with Gasteiger partial charge < -0.3 is 14.4 Å². The molecule has 2 aromatic carbocycles. The fourth-order valence-corrected chi connectivity index (χ4v) is 4.83. The molecule has 0 fully saturated rings. The number of nitriles is 1. The van der Waals surface area contributed by atoms with Crippen LogP contribution in [0.3, 0.4) is 0 Å². The van der Waals surface area contributed by atoms with Gasteiger partial charge in [-0.1, -0.05) is 23.2 Å². The number of benzene rings is 2. The van der Waals surface area contributed by atoms with Gasteiger partial charge in [-0.2, -0.15) is 15.5 Å². The van der Waals surface area contributed by atoms with Gasteiger partial charge in [0.05, 0.1) is 30.3 Å². The maximum atomic E-state index is 13.7. The van der Waals surface area contributed by atoms with Crippen molar-refractivity contribution in [2.24, 2.45) is 7.05 Å². The molecule has 1 aliphatic heterocycles. The van der Waals surface area contributed by atoms with Crippen LogP contribution in [0, 0.1) is 11.3 Å². The Hall–Kier alpha value is -4.00. The Labute approximate surface area is 229 Å². The third kappa shape index (κ3) is 4.26. The number of aryl methyl sites for hydroxylation is 1. The second-order valence-electron chi connectivity index (χ2n) is 9.46. The second kappa shape index (κ2) is 9.39. The zero-order valence-electron chi connectivity index (χ0n) is 21.4. The maximum absolute atomic E-state index is 13.7. The van der Waals surface area contributed by atoms with E-state index < -0.39 is 11.4 Å². The summed E-state index contributed by atoms with van der Waals surface area (Å²) in [7, 11) is 5.00. The van der Waals surface area contributed by atoms with E-state index in [-0.39, 0.29) is 12.3 Å². The van der Waals surface area contributed by atoms with E-state index in [2.05, 4.69) is 11.2 Å². The molecule has 38 heavy (non-hydrogen) atoms. The van der Waals surface area contributed by atoms with E-state index in [0.717, 1.165) is 5.56 Å². The minimum absolute atomic E-state index is 0.0879. The molecule has 0 aliphatic carbocycles. The van der Waals surface area contributed by atoms with Crippen molar-refractivity contribution in [1.29, 1.82) is 5.26 Å². The van der Waals surface area contributed by atoms with Gasteiger partial charge in [0, 0.05) is 53.1 Å². The molecule has 4 aromatic rings. The van der Waals surface area contributed by atoms with Crippen molar-refractivity contribution in [3.8, 4) is 45.8 Å². The van der Waals surface area contributed by atoms with Crippen molar-refractivity contribution in [2.45, 2.75) is 26.0 Å². The lowest BCUT2D eigenvalue weighted by atomic mass is 9.97. The SMILES string of the molecule is COc1cc2c(cc1-c1ccn(C)n1)-c1c(c(C(=O)N(C)C(C)(C)C#N)nn1-c1cc(Cl)cc(Cl)c1)CO2. The topological polar surface area (TPSA) is 98.2 Å². The van der Waals surface area contributed by atoms with Crippen molar-refractivity contribution < 1.29 is 14.3 Å². The molecular weight excluding hydrogens is 527 g/mol. The van der Waals surface area contributed by atoms with E-state index in [0.29, 0.717) is 49.7 Å².